The Morgan fingerprint density at radius 3 is 1.38 bits per heavy atom. The zero-order chi connectivity index (χ0) is 37.9. The number of nitrogens with zero attached hydrogens (tertiary/aromatic N) is 2. The Hall–Kier alpha value is -5.58. The number of alkyl carbamates (subject to hydrolysis) is 2. The number of nitrogens with one attached hydrogen (secondary N) is 4. The van der Waals surface area contributed by atoms with E-state index in [1.165, 1.54) is 24.0 Å². The van der Waals surface area contributed by atoms with Crippen molar-refractivity contribution >= 4 is 47.2 Å². The summed E-state index contributed by atoms with van der Waals surface area (Å²) in [7, 11) is 2.46. The number of ether oxygens (including phenoxy) is 2. The molecule has 278 valence electrons. The number of likely N-dealkylation sites (tertiary alicyclic amines) is 2. The summed E-state index contributed by atoms with van der Waals surface area (Å²) in [5, 5.41) is 11.0. The Bertz CT molecular complexity index is 1590. The summed E-state index contributed by atoms with van der Waals surface area (Å²) < 4.78 is 9.36. The number of carbonyl (C=O) groups is 6. The Labute approximate surface area is 304 Å². The molecule has 14 heteroatoms. The second-order valence-corrected chi connectivity index (χ2v) is 13.5. The van der Waals surface area contributed by atoms with Gasteiger partial charge in [0, 0.05) is 35.6 Å². The summed E-state index contributed by atoms with van der Waals surface area (Å²) in [6, 6.07) is 11.0. The molecular formula is C38H48N6O8. The van der Waals surface area contributed by atoms with Crippen LogP contribution in [0.2, 0.25) is 0 Å². The van der Waals surface area contributed by atoms with Gasteiger partial charge >= 0.3 is 12.2 Å². The van der Waals surface area contributed by atoms with Crippen LogP contribution >= 0.6 is 0 Å². The SMILES string of the molecule is COC(=O)N[C@H](C(=O)N1CCC[C@H]1C(=O)Nc1cccc(C#Cc2cccc(NC(=O)[C@@H]3CCCN3C(=O)[C@@H](NC(=O)OC)C(C)C)c2)c1)C(C)C. The van der Waals surface area contributed by atoms with Crippen LogP contribution in [0.4, 0.5) is 21.0 Å². The lowest BCUT2D eigenvalue weighted by Gasteiger charge is -2.30. The molecule has 2 saturated heterocycles. The van der Waals surface area contributed by atoms with Gasteiger partial charge in [-0.2, -0.15) is 0 Å². The van der Waals surface area contributed by atoms with Gasteiger partial charge in [-0.3, -0.25) is 19.2 Å². The van der Waals surface area contributed by atoms with Crippen molar-refractivity contribution in [3.05, 3.63) is 59.7 Å². The Balaban J connectivity index is 1.40. The lowest BCUT2D eigenvalue weighted by Crippen LogP contribution is -2.54. The first-order valence-electron chi connectivity index (χ1n) is 17.5. The first-order valence-corrected chi connectivity index (χ1v) is 17.5. The molecule has 4 N–H and O–H groups in total. The molecule has 14 nitrogen and oxygen atoms in total. The topological polar surface area (TPSA) is 175 Å². The van der Waals surface area contributed by atoms with Crippen LogP contribution < -0.4 is 21.3 Å². The number of rotatable bonds is 10. The van der Waals surface area contributed by atoms with Crippen molar-refractivity contribution in [3.8, 4) is 11.8 Å². The molecule has 0 aromatic heterocycles. The molecule has 6 amide bonds. The van der Waals surface area contributed by atoms with Crippen LogP contribution in [-0.4, -0.2) is 97.1 Å². The van der Waals surface area contributed by atoms with Gasteiger partial charge in [-0.05, 0) is 73.9 Å². The summed E-state index contributed by atoms with van der Waals surface area (Å²) in [6.45, 7) is 8.06. The number of hydrogen-bond acceptors (Lipinski definition) is 8. The van der Waals surface area contributed by atoms with Gasteiger partial charge in [0.25, 0.3) is 0 Å². The van der Waals surface area contributed by atoms with Gasteiger partial charge in [-0.25, -0.2) is 9.59 Å². The first-order chi connectivity index (χ1) is 24.8. The number of anilines is 2. The minimum absolute atomic E-state index is 0.211. The normalized spacial score (nSPS) is 17.8. The van der Waals surface area contributed by atoms with E-state index in [1.54, 1.807) is 48.5 Å². The fraction of sp³-hybridized carbons (Fsp3) is 0.474. The van der Waals surface area contributed by atoms with Gasteiger partial charge in [0.15, 0.2) is 0 Å². The molecule has 0 unspecified atom stereocenters. The summed E-state index contributed by atoms with van der Waals surface area (Å²) in [4.78, 5) is 80.2. The maximum atomic E-state index is 13.4. The van der Waals surface area contributed by atoms with Crippen LogP contribution in [0.25, 0.3) is 0 Å². The lowest BCUT2D eigenvalue weighted by atomic mass is 10.0. The zero-order valence-electron chi connectivity index (χ0n) is 30.5. The first kappa shape index (κ1) is 39.2. The highest BCUT2D eigenvalue weighted by Crippen LogP contribution is 2.24. The molecule has 2 aromatic rings. The van der Waals surface area contributed by atoms with E-state index < -0.39 is 36.4 Å². The molecule has 0 spiro atoms. The number of hydrogen-bond donors (Lipinski definition) is 4. The quantitative estimate of drug-likeness (QED) is 0.269. The van der Waals surface area contributed by atoms with E-state index in [0.717, 1.165) is 0 Å². The van der Waals surface area contributed by atoms with Crippen LogP contribution in [0.5, 0.6) is 0 Å². The van der Waals surface area contributed by atoms with E-state index in [9.17, 15) is 28.8 Å². The maximum absolute atomic E-state index is 13.4. The van der Waals surface area contributed by atoms with Crippen molar-refractivity contribution in [2.24, 2.45) is 11.8 Å². The second kappa shape index (κ2) is 18.1. The van der Waals surface area contributed by atoms with Gasteiger partial charge in [0.2, 0.25) is 23.6 Å². The molecule has 2 fully saturated rings. The van der Waals surface area contributed by atoms with Gasteiger partial charge in [-0.15, -0.1) is 0 Å². The predicted octanol–water partition coefficient (Wildman–Crippen LogP) is 3.71. The van der Waals surface area contributed by atoms with Crippen molar-refractivity contribution in [2.75, 3.05) is 37.9 Å². The monoisotopic (exact) mass is 716 g/mol. The Kier molecular flexibility index (Phi) is 13.6. The van der Waals surface area contributed by atoms with E-state index in [4.69, 9.17) is 0 Å². The molecular weight excluding hydrogens is 668 g/mol. The molecule has 2 heterocycles. The van der Waals surface area contributed by atoms with E-state index in [-0.39, 0.29) is 35.5 Å². The molecule has 2 aromatic carbocycles. The predicted molar refractivity (Wildman–Crippen MR) is 194 cm³/mol. The van der Waals surface area contributed by atoms with E-state index in [1.807, 2.05) is 27.7 Å². The fourth-order valence-electron chi connectivity index (χ4n) is 6.31. The Morgan fingerprint density at radius 1 is 0.654 bits per heavy atom. The largest absolute Gasteiger partial charge is 0.453 e. The molecule has 4 rings (SSSR count). The highest BCUT2D eigenvalue weighted by atomic mass is 16.5. The molecule has 0 radical (unpaired) electrons. The van der Waals surface area contributed by atoms with Crippen LogP contribution in [-0.2, 0) is 28.7 Å². The summed E-state index contributed by atoms with van der Waals surface area (Å²) in [5.74, 6) is 4.43. The van der Waals surface area contributed by atoms with Crippen LogP contribution in [0.1, 0.15) is 64.5 Å². The zero-order valence-corrected chi connectivity index (χ0v) is 30.5. The third kappa shape index (κ3) is 10.0. The van der Waals surface area contributed by atoms with E-state index in [2.05, 4.69) is 42.6 Å². The van der Waals surface area contributed by atoms with Crippen molar-refractivity contribution in [2.45, 2.75) is 77.5 Å². The summed E-state index contributed by atoms with van der Waals surface area (Å²) in [5.41, 5.74) is 2.30. The van der Waals surface area contributed by atoms with E-state index in [0.29, 0.717) is 61.3 Å². The number of amides is 6. The van der Waals surface area contributed by atoms with Crippen LogP contribution in [0, 0.1) is 23.7 Å². The van der Waals surface area contributed by atoms with Gasteiger partial charge < -0.3 is 40.5 Å². The third-order valence-electron chi connectivity index (χ3n) is 9.07. The summed E-state index contributed by atoms with van der Waals surface area (Å²) >= 11 is 0. The van der Waals surface area contributed by atoms with Crippen molar-refractivity contribution < 1.29 is 38.2 Å². The van der Waals surface area contributed by atoms with Gasteiger partial charge in [-0.1, -0.05) is 51.7 Å². The highest BCUT2D eigenvalue weighted by Gasteiger charge is 2.40. The van der Waals surface area contributed by atoms with Crippen LogP contribution in [0.15, 0.2) is 48.5 Å². The number of methoxy groups -OCH3 is 2. The molecule has 2 aliphatic rings. The van der Waals surface area contributed by atoms with Gasteiger partial charge in [0.05, 0.1) is 14.2 Å². The Morgan fingerprint density at radius 2 is 1.04 bits per heavy atom. The standard InChI is InChI=1S/C38H48N6O8/c1-23(2)31(41-37(49)51-5)35(47)43-19-9-15-29(43)33(45)39-27-13-7-11-25(21-27)17-18-26-12-8-14-28(22-26)40-34(46)30-16-10-20-44(30)36(48)32(24(3)4)42-38(50)52-6/h7-8,11-14,21-24,29-32H,9-10,15-16,19-20H2,1-6H3,(H,39,45)(H,40,46)(H,41,49)(H,42,50)/t29-,30-,31-,32-/m0/s1. The van der Waals surface area contributed by atoms with Crippen molar-refractivity contribution in [3.63, 3.8) is 0 Å². The maximum Gasteiger partial charge on any atom is 0.407 e. The van der Waals surface area contributed by atoms with Gasteiger partial charge in [0.1, 0.15) is 24.2 Å². The van der Waals surface area contributed by atoms with Crippen molar-refractivity contribution in [1.29, 1.82) is 0 Å². The van der Waals surface area contributed by atoms with Crippen molar-refractivity contribution in [1.82, 2.24) is 20.4 Å². The highest BCUT2D eigenvalue weighted by molar-refractivity contribution is 6.00. The molecule has 2 aliphatic heterocycles. The smallest absolute Gasteiger partial charge is 0.407 e. The number of carbonyl (C=O) groups excluding carboxylic acids is 6. The fourth-order valence-corrected chi connectivity index (χ4v) is 6.31. The molecule has 4 atom stereocenters. The van der Waals surface area contributed by atoms with Crippen LogP contribution in [0.3, 0.4) is 0 Å². The molecule has 52 heavy (non-hydrogen) atoms. The lowest BCUT2D eigenvalue weighted by molar-refractivity contribution is -0.139. The average molecular weight is 717 g/mol. The minimum atomic E-state index is -0.827. The number of benzene rings is 2. The molecule has 0 aliphatic carbocycles. The molecule has 0 saturated carbocycles. The average Bonchev–Trinajstić information content (AvgIpc) is 3.82. The summed E-state index contributed by atoms with van der Waals surface area (Å²) in [6.07, 6.45) is 0.876. The third-order valence-corrected chi connectivity index (χ3v) is 9.07. The minimum Gasteiger partial charge on any atom is -0.453 e. The van der Waals surface area contributed by atoms with E-state index >= 15 is 0 Å². The second-order valence-electron chi connectivity index (χ2n) is 13.5. The molecule has 0 bridgehead atoms.